The summed E-state index contributed by atoms with van der Waals surface area (Å²) in [5.74, 6) is -2.88. The van der Waals surface area contributed by atoms with E-state index in [-0.39, 0.29) is 73.2 Å². The molecule has 1 heterocycles. The summed E-state index contributed by atoms with van der Waals surface area (Å²) in [6.45, 7) is 24.0. The summed E-state index contributed by atoms with van der Waals surface area (Å²) in [6.07, 6.45) is 6.72. The molecule has 3 rings (SSSR count). The van der Waals surface area contributed by atoms with Crippen LogP contribution in [0.1, 0.15) is 199 Å². The maximum absolute atomic E-state index is 14.4. The predicted molar refractivity (Wildman–Crippen MR) is 307 cm³/mol. The Bertz CT molecular complexity index is 2050. The molecule has 22 nitrogen and oxygen atoms in total. The van der Waals surface area contributed by atoms with Crippen molar-refractivity contribution in [2.45, 2.75) is 240 Å². The Morgan fingerprint density at radius 3 is 1.28 bits per heavy atom. The number of ether oxygens (including phenoxy) is 7. The zero-order valence-corrected chi connectivity index (χ0v) is 52.3. The summed E-state index contributed by atoms with van der Waals surface area (Å²) in [4.78, 5) is 118. The van der Waals surface area contributed by atoms with Gasteiger partial charge in [0.25, 0.3) is 0 Å². The minimum Gasteiger partial charge on any atom is -0.467 e. The van der Waals surface area contributed by atoms with Gasteiger partial charge in [-0.05, 0) is 199 Å². The number of carbonyl (C=O) groups is 9. The Hall–Kier alpha value is -5.41. The first kappa shape index (κ1) is 70.9. The summed E-state index contributed by atoms with van der Waals surface area (Å²) in [5, 5.41) is 16.9. The number of fused-ring (bicyclic) bond motifs is 3. The third-order valence-corrected chi connectivity index (χ3v) is 16.6. The smallest absolute Gasteiger partial charge is 0.407 e. The van der Waals surface area contributed by atoms with Crippen molar-refractivity contribution in [3.63, 3.8) is 0 Å². The number of carbonyl (C=O) groups excluding carboxylic acids is 9. The highest BCUT2D eigenvalue weighted by molar-refractivity contribution is 5.87. The van der Waals surface area contributed by atoms with Gasteiger partial charge in [-0.1, -0.05) is 20.8 Å². The molecule has 82 heavy (non-hydrogen) atoms. The second-order valence-corrected chi connectivity index (χ2v) is 26.4. The lowest BCUT2D eigenvalue weighted by atomic mass is 9.51. The van der Waals surface area contributed by atoms with Crippen LogP contribution in [-0.2, 0) is 61.9 Å². The molecule has 0 radical (unpaired) electrons. The average molecular weight is 1170 g/mol. The quantitative estimate of drug-likeness (QED) is 0.0225. The van der Waals surface area contributed by atoms with E-state index in [0.717, 1.165) is 25.7 Å². The van der Waals surface area contributed by atoms with Crippen molar-refractivity contribution in [2.75, 3.05) is 47.6 Å². The number of rotatable bonds is 30. The number of esters is 3. The molecule has 6 N–H and O–H groups in total. The Balaban J connectivity index is 1.78. The van der Waals surface area contributed by atoms with Gasteiger partial charge in [-0.2, -0.15) is 0 Å². The highest BCUT2D eigenvalue weighted by Crippen LogP contribution is 2.64. The van der Waals surface area contributed by atoms with Crippen molar-refractivity contribution < 1.29 is 76.3 Å². The minimum atomic E-state index is -0.989. The molecule has 3 unspecified atom stereocenters. The number of unbranched alkanes of at least 4 members (excludes halogenated alkanes) is 3. The summed E-state index contributed by atoms with van der Waals surface area (Å²) in [5.41, 5.74) is -2.67. The zero-order valence-electron chi connectivity index (χ0n) is 52.3. The lowest BCUT2D eigenvalue weighted by Gasteiger charge is -2.58. The molecule has 0 aromatic rings. The highest BCUT2D eigenvalue weighted by Gasteiger charge is 2.60. The first-order chi connectivity index (χ1) is 38.2. The first-order valence-electron chi connectivity index (χ1n) is 29.9. The van der Waals surface area contributed by atoms with Crippen molar-refractivity contribution in [1.82, 2.24) is 31.9 Å². The van der Waals surface area contributed by atoms with Crippen molar-refractivity contribution in [1.29, 1.82) is 0 Å². The monoisotopic (exact) mass is 1160 g/mol. The van der Waals surface area contributed by atoms with Gasteiger partial charge < -0.3 is 65.1 Å². The van der Waals surface area contributed by atoms with Crippen LogP contribution in [0.15, 0.2) is 0 Å². The van der Waals surface area contributed by atoms with Crippen LogP contribution in [0.2, 0.25) is 0 Å². The molecule has 0 aromatic carbocycles. The molecule has 0 spiro atoms. The molecule has 1 aliphatic heterocycles. The molecule has 2 aliphatic carbocycles. The van der Waals surface area contributed by atoms with Gasteiger partial charge in [0.1, 0.15) is 34.9 Å². The van der Waals surface area contributed by atoms with Crippen molar-refractivity contribution >= 4 is 53.9 Å². The Labute approximate surface area is 488 Å². The molecule has 22 heteroatoms. The maximum atomic E-state index is 14.4. The summed E-state index contributed by atoms with van der Waals surface area (Å²) in [6, 6.07) is -2.80. The SMILES string of the molecule is COC(=O)C(CCCCNC(=O)OC(C)(C)C)NC(=O)CC[C@@H](C)[C@H]1CC[C@H]2[C@@H]3OCC[C@](C)(C(CC(=O)NC(CCCCNC(=O)OC(C)(C)C)C(=O)OC)CC(=O)NC(CCCCNC(=O)OC(C)(C)C)C(=O)OC)[C@H]3CC[C@]12C. The van der Waals surface area contributed by atoms with Crippen molar-refractivity contribution in [3.05, 3.63) is 0 Å². The topological polar surface area (TPSA) is 290 Å². The number of alkyl carbamates (subject to hydrolysis) is 3. The Morgan fingerprint density at radius 2 is 0.902 bits per heavy atom. The van der Waals surface area contributed by atoms with E-state index >= 15 is 0 Å². The normalized spacial score (nSPS) is 23.3. The summed E-state index contributed by atoms with van der Waals surface area (Å²) >= 11 is 0. The number of amides is 6. The molecule has 470 valence electrons. The standard InChI is InChI=1S/C60H104N6O16/c1-38(25-28-46(67)64-43(50(70)76-13)22-16-19-32-61-53(73)80-56(2,3)4)40-26-27-41-49-42(29-30-60(40,41)12)59(11,31-35-79-49)39(36-47(68)65-44(51(71)77-14)23-17-20-33-62-54(74)81-57(5,6)7)37-48(69)66-45(52(72)78-15)24-18-21-34-63-55(75)82-58(8,9)10/h38-45,49H,16-37H2,1-15H3,(H,61,73)(H,62,74)(H,63,75)(H,64,67)(H,65,68)(H,66,69)/t38-,39?,40-,41+,42+,43?,44?,45?,49+,59-,60-/m1/s1. The lowest BCUT2D eigenvalue weighted by molar-refractivity contribution is -0.188. The Kier molecular flexibility index (Phi) is 28.2. The molecular formula is C60H104N6O16. The van der Waals surface area contributed by atoms with Crippen LogP contribution in [0.4, 0.5) is 14.4 Å². The van der Waals surface area contributed by atoms with Crippen LogP contribution < -0.4 is 31.9 Å². The fourth-order valence-electron chi connectivity index (χ4n) is 12.5. The molecule has 0 bridgehead atoms. The van der Waals surface area contributed by atoms with Crippen LogP contribution in [0, 0.1) is 40.4 Å². The molecule has 10 atom stereocenters. The van der Waals surface area contributed by atoms with Gasteiger partial charge in [0.05, 0.1) is 27.4 Å². The third-order valence-electron chi connectivity index (χ3n) is 16.6. The summed E-state index contributed by atoms with van der Waals surface area (Å²) < 4.78 is 38.0. The number of hydrogen-bond acceptors (Lipinski definition) is 16. The molecule has 2 saturated carbocycles. The average Bonchev–Trinajstić information content (AvgIpc) is 3.74. The minimum absolute atomic E-state index is 0.0455. The lowest BCUT2D eigenvalue weighted by Crippen LogP contribution is -2.57. The maximum Gasteiger partial charge on any atom is 0.407 e. The van der Waals surface area contributed by atoms with Crippen LogP contribution in [0.25, 0.3) is 0 Å². The molecule has 3 fully saturated rings. The first-order valence-corrected chi connectivity index (χ1v) is 29.9. The fourth-order valence-corrected chi connectivity index (χ4v) is 12.5. The van der Waals surface area contributed by atoms with Gasteiger partial charge >= 0.3 is 36.2 Å². The Morgan fingerprint density at radius 1 is 0.512 bits per heavy atom. The van der Waals surface area contributed by atoms with E-state index in [0.29, 0.717) is 84.0 Å². The third kappa shape index (κ3) is 23.7. The molecule has 0 aromatic heterocycles. The largest absolute Gasteiger partial charge is 0.467 e. The predicted octanol–water partition coefficient (Wildman–Crippen LogP) is 8.10. The van der Waals surface area contributed by atoms with Gasteiger partial charge in [-0.3, -0.25) is 14.4 Å². The number of hydrogen-bond donors (Lipinski definition) is 6. The molecule has 6 amide bonds. The van der Waals surface area contributed by atoms with Gasteiger partial charge in [-0.25, -0.2) is 28.8 Å². The number of methoxy groups -OCH3 is 3. The fraction of sp³-hybridized carbons (Fsp3) is 0.850. The van der Waals surface area contributed by atoms with Crippen LogP contribution in [0.5, 0.6) is 0 Å². The van der Waals surface area contributed by atoms with Gasteiger partial charge in [-0.15, -0.1) is 0 Å². The van der Waals surface area contributed by atoms with E-state index in [9.17, 15) is 43.2 Å². The van der Waals surface area contributed by atoms with E-state index in [1.165, 1.54) is 21.3 Å². The van der Waals surface area contributed by atoms with Crippen molar-refractivity contribution in [2.24, 2.45) is 40.4 Å². The van der Waals surface area contributed by atoms with Crippen LogP contribution >= 0.6 is 0 Å². The van der Waals surface area contributed by atoms with E-state index in [1.807, 2.05) is 0 Å². The molecule has 1 saturated heterocycles. The van der Waals surface area contributed by atoms with E-state index in [2.05, 4.69) is 52.7 Å². The van der Waals surface area contributed by atoms with E-state index in [1.54, 1.807) is 62.3 Å². The summed E-state index contributed by atoms with van der Waals surface area (Å²) in [7, 11) is 3.80. The van der Waals surface area contributed by atoms with Crippen LogP contribution in [-0.4, -0.2) is 143 Å². The van der Waals surface area contributed by atoms with Gasteiger partial charge in [0.15, 0.2) is 0 Å². The van der Waals surface area contributed by atoms with Gasteiger partial charge in [0.2, 0.25) is 17.7 Å². The van der Waals surface area contributed by atoms with E-state index < -0.39 is 94.3 Å². The molecule has 3 aliphatic rings. The zero-order chi connectivity index (χ0) is 61.6. The van der Waals surface area contributed by atoms with Crippen LogP contribution in [0.3, 0.4) is 0 Å². The molecular weight excluding hydrogens is 1060 g/mol. The van der Waals surface area contributed by atoms with E-state index in [4.69, 9.17) is 33.2 Å². The number of nitrogens with one attached hydrogen (secondary N) is 6. The highest BCUT2D eigenvalue weighted by atomic mass is 16.6. The second kappa shape index (κ2) is 32.6. The van der Waals surface area contributed by atoms with Gasteiger partial charge in [0, 0.05) is 45.5 Å². The van der Waals surface area contributed by atoms with Crippen molar-refractivity contribution in [3.8, 4) is 0 Å². The second-order valence-electron chi connectivity index (χ2n) is 26.4.